The van der Waals surface area contributed by atoms with Gasteiger partial charge < -0.3 is 29.4 Å². The minimum atomic E-state index is -0.781. The summed E-state index contributed by atoms with van der Waals surface area (Å²) in [6.07, 6.45) is 2.32. The van der Waals surface area contributed by atoms with Crippen LogP contribution in [0.1, 0.15) is 37.4 Å². The van der Waals surface area contributed by atoms with Gasteiger partial charge in [-0.3, -0.25) is 0 Å². The highest BCUT2D eigenvalue weighted by Crippen LogP contribution is 2.35. The molecule has 198 valence electrons. The number of benzene rings is 3. The van der Waals surface area contributed by atoms with Crippen molar-refractivity contribution >= 4 is 22.6 Å². The lowest BCUT2D eigenvalue weighted by molar-refractivity contribution is -0.131. The lowest BCUT2D eigenvalue weighted by atomic mass is 9.97. The monoisotopic (exact) mass is 534 g/mol. The van der Waals surface area contributed by atoms with Crippen LogP contribution in [0.4, 0.5) is 0 Å². The van der Waals surface area contributed by atoms with E-state index < -0.39 is 12.2 Å². The predicted molar refractivity (Wildman–Crippen MR) is 146 cm³/mol. The van der Waals surface area contributed by atoms with Gasteiger partial charge in [0.05, 0.1) is 41.5 Å². The number of nitrogens with one attached hydrogen (secondary N) is 1. The molecule has 3 N–H and O–H groups in total. The largest absolute Gasteiger partial charge is 0.459 e. The molecule has 4 atom stereocenters. The van der Waals surface area contributed by atoms with Crippen LogP contribution in [0, 0.1) is 0 Å². The summed E-state index contributed by atoms with van der Waals surface area (Å²) in [5, 5.41) is 20.0. The van der Waals surface area contributed by atoms with Crippen LogP contribution < -0.4 is 4.74 Å². The van der Waals surface area contributed by atoms with Crippen LogP contribution in [0.3, 0.4) is 0 Å². The molecule has 0 aliphatic carbocycles. The lowest BCUT2D eigenvalue weighted by Gasteiger charge is -2.31. The predicted octanol–water partition coefficient (Wildman–Crippen LogP) is 5.68. The van der Waals surface area contributed by atoms with Crippen molar-refractivity contribution in [2.24, 2.45) is 0 Å². The van der Waals surface area contributed by atoms with Crippen molar-refractivity contribution in [2.75, 3.05) is 19.8 Å². The van der Waals surface area contributed by atoms with Gasteiger partial charge in [-0.2, -0.15) is 4.98 Å². The van der Waals surface area contributed by atoms with Crippen LogP contribution in [0.2, 0.25) is 5.02 Å². The Morgan fingerprint density at radius 1 is 0.974 bits per heavy atom. The first kappa shape index (κ1) is 25.3. The summed E-state index contributed by atoms with van der Waals surface area (Å²) in [7, 11) is 0. The Labute approximate surface area is 226 Å². The van der Waals surface area contributed by atoms with E-state index in [1.165, 1.54) is 12.0 Å². The summed E-state index contributed by atoms with van der Waals surface area (Å²) in [6, 6.07) is 21.2. The van der Waals surface area contributed by atoms with Crippen LogP contribution in [-0.2, 0) is 9.47 Å². The van der Waals surface area contributed by atoms with Gasteiger partial charge in [-0.05, 0) is 53.6 Å². The van der Waals surface area contributed by atoms with E-state index in [4.69, 9.17) is 25.8 Å². The lowest BCUT2D eigenvalue weighted by Crippen LogP contribution is -2.45. The molecule has 0 spiro atoms. The number of fused-ring (bicyclic) bond motifs is 1. The van der Waals surface area contributed by atoms with Crippen molar-refractivity contribution in [3.63, 3.8) is 0 Å². The average molecular weight is 535 g/mol. The normalized spacial score (nSPS) is 24.0. The molecule has 3 heterocycles. The van der Waals surface area contributed by atoms with E-state index in [2.05, 4.69) is 58.5 Å². The van der Waals surface area contributed by atoms with Gasteiger partial charge in [0.25, 0.3) is 6.01 Å². The van der Waals surface area contributed by atoms with E-state index in [-0.39, 0.29) is 25.4 Å². The summed E-state index contributed by atoms with van der Waals surface area (Å²) < 4.78 is 17.3. The molecule has 38 heavy (non-hydrogen) atoms. The van der Waals surface area contributed by atoms with Crippen molar-refractivity contribution in [1.29, 1.82) is 0 Å². The maximum absolute atomic E-state index is 10.1. The molecule has 1 aromatic heterocycles. The third-order valence-electron chi connectivity index (χ3n) is 7.43. The van der Waals surface area contributed by atoms with Gasteiger partial charge in [0.2, 0.25) is 0 Å². The molecule has 2 fully saturated rings. The Balaban J connectivity index is 1.17. The van der Waals surface area contributed by atoms with Gasteiger partial charge in [-0.25, -0.2) is 0 Å². The fourth-order valence-electron chi connectivity index (χ4n) is 5.27. The maximum Gasteiger partial charge on any atom is 0.294 e. The van der Waals surface area contributed by atoms with Gasteiger partial charge in [-0.15, -0.1) is 0 Å². The number of ether oxygens (including phenoxy) is 3. The number of hydrogen-bond acceptors (Lipinski definition) is 6. The number of nitrogens with zero attached hydrogens (tertiary/aromatic N) is 1. The van der Waals surface area contributed by atoms with Crippen LogP contribution >= 0.6 is 11.6 Å². The fourth-order valence-corrected chi connectivity index (χ4v) is 5.54. The second-order valence-electron chi connectivity index (χ2n) is 10.0. The first-order valence-corrected chi connectivity index (χ1v) is 13.5. The molecule has 0 bridgehead atoms. The van der Waals surface area contributed by atoms with Gasteiger partial charge in [0.15, 0.2) is 0 Å². The number of H-pyrrole nitrogens is 1. The number of aromatic amines is 1. The van der Waals surface area contributed by atoms with E-state index in [0.717, 1.165) is 52.7 Å². The molecule has 6 rings (SSSR count). The molecular weight excluding hydrogens is 504 g/mol. The number of aliphatic hydroxyl groups excluding tert-OH is 2. The number of rotatable bonds is 6. The Bertz CT molecular complexity index is 1380. The van der Waals surface area contributed by atoms with Crippen LogP contribution in [0.15, 0.2) is 60.7 Å². The van der Waals surface area contributed by atoms with Crippen LogP contribution in [0.5, 0.6) is 6.01 Å². The van der Waals surface area contributed by atoms with E-state index in [9.17, 15) is 10.2 Å². The molecule has 2 aliphatic rings. The van der Waals surface area contributed by atoms with Crippen molar-refractivity contribution in [3.05, 3.63) is 71.2 Å². The van der Waals surface area contributed by atoms with Crippen molar-refractivity contribution in [1.82, 2.24) is 9.97 Å². The highest BCUT2D eigenvalue weighted by molar-refractivity contribution is 6.34. The van der Waals surface area contributed by atoms with Crippen molar-refractivity contribution < 1.29 is 24.4 Å². The molecule has 1 unspecified atom stereocenters. The summed E-state index contributed by atoms with van der Waals surface area (Å²) in [5.41, 5.74) is 6.92. The number of halogens is 1. The van der Waals surface area contributed by atoms with Gasteiger partial charge in [-0.1, -0.05) is 60.1 Å². The molecule has 2 aliphatic heterocycles. The van der Waals surface area contributed by atoms with E-state index >= 15 is 0 Å². The smallest absolute Gasteiger partial charge is 0.294 e. The quantitative estimate of drug-likeness (QED) is 0.294. The van der Waals surface area contributed by atoms with Crippen LogP contribution in [0.25, 0.3) is 33.3 Å². The Morgan fingerprint density at radius 3 is 2.39 bits per heavy atom. The first-order chi connectivity index (χ1) is 18.6. The first-order valence-electron chi connectivity index (χ1n) is 13.2. The fraction of sp³-hybridized carbons (Fsp3) is 0.367. The second-order valence-corrected chi connectivity index (χ2v) is 10.5. The van der Waals surface area contributed by atoms with Gasteiger partial charge in [0.1, 0.15) is 12.2 Å². The molecule has 0 amide bonds. The van der Waals surface area contributed by atoms with E-state index in [1.807, 2.05) is 12.1 Å². The summed E-state index contributed by atoms with van der Waals surface area (Å²) >= 11 is 6.66. The number of aliphatic hydroxyl groups is 2. The standard InChI is InChI=1S/C30H31ClN2O5/c31-24-15-26-25(32-30(33-26)38-22-13-27(35)29(16-34)37-17-22)14-23(24)20-8-4-18(5-9-20)19-6-10-21(11-7-19)28-3-1-2-12-36-28/h4-11,14-15,22,27-29,34-35H,1-3,12-13,16-17H2,(H,32,33)/t22-,27+,28?,29-/m1/s1. The Hall–Kier alpha value is -2.94. The average Bonchev–Trinajstić information content (AvgIpc) is 3.34. The summed E-state index contributed by atoms with van der Waals surface area (Å²) in [6.45, 7) is 0.901. The number of imidazole rings is 1. The van der Waals surface area contributed by atoms with Crippen molar-refractivity contribution in [2.45, 2.75) is 50.1 Å². The molecule has 3 aromatic carbocycles. The topological polar surface area (TPSA) is 96.8 Å². The molecule has 0 radical (unpaired) electrons. The molecule has 8 heteroatoms. The molecular formula is C30H31ClN2O5. The zero-order chi connectivity index (χ0) is 26.1. The second kappa shape index (κ2) is 11.0. The summed E-state index contributed by atoms with van der Waals surface area (Å²) in [4.78, 5) is 7.72. The van der Waals surface area contributed by atoms with E-state index in [1.54, 1.807) is 0 Å². The third kappa shape index (κ3) is 5.30. The Kier molecular flexibility index (Phi) is 7.37. The van der Waals surface area contributed by atoms with E-state index in [0.29, 0.717) is 17.5 Å². The number of aromatic nitrogens is 2. The highest BCUT2D eigenvalue weighted by Gasteiger charge is 2.31. The molecule has 4 aromatic rings. The summed E-state index contributed by atoms with van der Waals surface area (Å²) in [5.74, 6) is 0. The zero-order valence-electron chi connectivity index (χ0n) is 21.0. The minimum Gasteiger partial charge on any atom is -0.459 e. The minimum absolute atomic E-state index is 0.214. The number of hydrogen-bond donors (Lipinski definition) is 3. The SMILES string of the molecule is OC[C@H]1OC[C@H](Oc2nc3cc(-c4ccc(-c5ccc(C6CCCCO6)cc5)cc4)c(Cl)cc3[nH]2)C[C@@H]1O. The van der Waals surface area contributed by atoms with Crippen molar-refractivity contribution in [3.8, 4) is 28.3 Å². The highest BCUT2D eigenvalue weighted by atomic mass is 35.5. The van der Waals surface area contributed by atoms with Crippen LogP contribution in [-0.4, -0.2) is 58.3 Å². The third-order valence-corrected chi connectivity index (χ3v) is 7.74. The van der Waals surface area contributed by atoms with Gasteiger partial charge in [0, 0.05) is 18.6 Å². The molecule has 2 saturated heterocycles. The Morgan fingerprint density at radius 2 is 1.71 bits per heavy atom. The van der Waals surface area contributed by atoms with Gasteiger partial charge >= 0.3 is 0 Å². The molecule has 7 nitrogen and oxygen atoms in total. The maximum atomic E-state index is 10.1. The molecule has 0 saturated carbocycles. The zero-order valence-corrected chi connectivity index (χ0v) is 21.7.